The van der Waals surface area contributed by atoms with Gasteiger partial charge in [0.1, 0.15) is 0 Å². The van der Waals surface area contributed by atoms with E-state index in [0.29, 0.717) is 10.0 Å². The van der Waals surface area contributed by atoms with E-state index < -0.39 is 10.8 Å². The number of nitrogens with one attached hydrogen (secondary N) is 1. The van der Waals surface area contributed by atoms with Crippen molar-refractivity contribution in [1.82, 2.24) is 5.32 Å². The van der Waals surface area contributed by atoms with Crippen LogP contribution in [0.1, 0.15) is 17.0 Å². The van der Waals surface area contributed by atoms with Gasteiger partial charge in [0, 0.05) is 22.6 Å². The molecule has 0 saturated carbocycles. The first-order valence-electron chi connectivity index (χ1n) is 6.91. The van der Waals surface area contributed by atoms with Gasteiger partial charge in [-0.05, 0) is 17.7 Å². The molecule has 2 aromatic rings. The summed E-state index contributed by atoms with van der Waals surface area (Å²) in [5.41, 5.74) is 1.24. The van der Waals surface area contributed by atoms with Gasteiger partial charge in [-0.2, -0.15) is 0 Å². The molecule has 0 aliphatic carbocycles. The molecular weight excluding hydrogens is 360 g/mol. The summed E-state index contributed by atoms with van der Waals surface area (Å²) in [5, 5.41) is 13.8. The zero-order valence-corrected chi connectivity index (χ0v) is 13.8. The lowest BCUT2D eigenvalue weighted by Gasteiger charge is -2.13. The van der Waals surface area contributed by atoms with Crippen LogP contribution in [0.25, 0.3) is 0 Å². The molecule has 0 aromatic heterocycles. The van der Waals surface area contributed by atoms with Crippen LogP contribution in [-0.4, -0.2) is 10.8 Å². The molecule has 23 heavy (non-hydrogen) atoms. The number of halogens is 1. The smallest absolute Gasteiger partial charge is 0.275 e. The Morgan fingerprint density at radius 1 is 1.30 bits per heavy atom. The summed E-state index contributed by atoms with van der Waals surface area (Å²) in [6, 6.07) is 14.0. The number of rotatable bonds is 6. The minimum absolute atomic E-state index is 0.0328. The summed E-state index contributed by atoms with van der Waals surface area (Å²) in [6.07, 6.45) is 1.56. The second-order valence-corrected chi connectivity index (χ2v) is 5.79. The van der Waals surface area contributed by atoms with Gasteiger partial charge in [-0.3, -0.25) is 14.9 Å². The van der Waals surface area contributed by atoms with Gasteiger partial charge < -0.3 is 5.32 Å². The molecule has 0 aliphatic heterocycles. The largest absolute Gasteiger partial charge is 0.351 e. The van der Waals surface area contributed by atoms with E-state index in [9.17, 15) is 14.9 Å². The summed E-state index contributed by atoms with van der Waals surface area (Å²) in [5.74, 6) is -0.742. The zero-order valence-electron chi connectivity index (χ0n) is 12.2. The molecule has 5 nitrogen and oxygen atoms in total. The average molecular weight is 375 g/mol. The van der Waals surface area contributed by atoms with Crippen LogP contribution in [0.3, 0.4) is 0 Å². The maximum atomic E-state index is 12.3. The molecule has 0 radical (unpaired) electrons. The third-order valence-electron chi connectivity index (χ3n) is 3.37. The molecule has 1 atom stereocenters. The third kappa shape index (κ3) is 4.26. The molecule has 0 bridgehead atoms. The molecule has 1 unspecified atom stereocenters. The Balaban J connectivity index is 2.13. The molecule has 2 rings (SSSR count). The normalized spacial score (nSPS) is 11.5. The van der Waals surface area contributed by atoms with Gasteiger partial charge in [-0.1, -0.05) is 52.3 Å². The van der Waals surface area contributed by atoms with Gasteiger partial charge in [0.15, 0.2) is 0 Å². The number of nitrogens with zero attached hydrogens (tertiary/aromatic N) is 1. The van der Waals surface area contributed by atoms with Crippen molar-refractivity contribution in [1.29, 1.82) is 0 Å². The lowest BCUT2D eigenvalue weighted by molar-refractivity contribution is -0.385. The second kappa shape index (κ2) is 7.69. The molecule has 0 heterocycles. The fourth-order valence-corrected chi connectivity index (χ4v) is 2.55. The summed E-state index contributed by atoms with van der Waals surface area (Å²) in [7, 11) is 0. The number of amides is 1. The monoisotopic (exact) mass is 374 g/mol. The highest BCUT2D eigenvalue weighted by Gasteiger charge is 2.19. The first-order valence-corrected chi connectivity index (χ1v) is 7.70. The topological polar surface area (TPSA) is 72.2 Å². The van der Waals surface area contributed by atoms with Gasteiger partial charge in [0.25, 0.3) is 5.69 Å². The SMILES string of the molecule is C=CC(C(=O)NCc1ccc(Br)cc1[N+](=O)[O-])c1ccccc1. The van der Waals surface area contributed by atoms with E-state index in [-0.39, 0.29) is 18.1 Å². The Hall–Kier alpha value is -2.47. The second-order valence-electron chi connectivity index (χ2n) is 4.87. The lowest BCUT2D eigenvalue weighted by Crippen LogP contribution is -2.28. The number of nitro benzene ring substituents is 1. The van der Waals surface area contributed by atoms with Crippen molar-refractivity contribution in [2.45, 2.75) is 12.5 Å². The Morgan fingerprint density at radius 3 is 2.61 bits per heavy atom. The summed E-state index contributed by atoms with van der Waals surface area (Å²) < 4.78 is 0.618. The van der Waals surface area contributed by atoms with Crippen LogP contribution in [0, 0.1) is 10.1 Å². The highest BCUT2D eigenvalue weighted by atomic mass is 79.9. The number of hydrogen-bond donors (Lipinski definition) is 1. The van der Waals surface area contributed by atoms with E-state index >= 15 is 0 Å². The van der Waals surface area contributed by atoms with E-state index in [2.05, 4.69) is 27.8 Å². The first kappa shape index (κ1) is 16.9. The van der Waals surface area contributed by atoms with Gasteiger partial charge in [-0.25, -0.2) is 0 Å². The molecule has 0 fully saturated rings. The minimum Gasteiger partial charge on any atom is -0.351 e. The van der Waals surface area contributed by atoms with E-state index in [1.165, 1.54) is 6.07 Å². The molecule has 0 aliphatic rings. The van der Waals surface area contributed by atoms with Gasteiger partial charge in [0.2, 0.25) is 5.91 Å². The van der Waals surface area contributed by atoms with Gasteiger partial charge >= 0.3 is 0 Å². The number of carbonyl (C=O) groups excluding carboxylic acids is 1. The lowest BCUT2D eigenvalue weighted by atomic mass is 9.98. The maximum Gasteiger partial charge on any atom is 0.275 e. The van der Waals surface area contributed by atoms with Gasteiger partial charge in [0.05, 0.1) is 10.8 Å². The minimum atomic E-state index is -0.495. The summed E-state index contributed by atoms with van der Waals surface area (Å²) in [6.45, 7) is 3.78. The van der Waals surface area contributed by atoms with Crippen LogP contribution in [0.4, 0.5) is 5.69 Å². The van der Waals surface area contributed by atoms with Crippen molar-refractivity contribution in [2.24, 2.45) is 0 Å². The van der Waals surface area contributed by atoms with Crippen LogP contribution >= 0.6 is 15.9 Å². The van der Waals surface area contributed by atoms with E-state index in [0.717, 1.165) is 5.56 Å². The summed E-state index contributed by atoms with van der Waals surface area (Å²) in [4.78, 5) is 23.0. The Bertz CT molecular complexity index is 732. The van der Waals surface area contributed by atoms with Crippen molar-refractivity contribution >= 4 is 27.5 Å². The Morgan fingerprint density at radius 2 is 2.00 bits per heavy atom. The first-order chi connectivity index (χ1) is 11.0. The predicted octanol–water partition coefficient (Wildman–Crippen LogP) is 3.94. The van der Waals surface area contributed by atoms with Crippen molar-refractivity contribution < 1.29 is 9.72 Å². The molecule has 2 aromatic carbocycles. The Labute approximate surface area is 142 Å². The van der Waals surface area contributed by atoms with Crippen LogP contribution < -0.4 is 5.32 Å². The number of hydrogen-bond acceptors (Lipinski definition) is 3. The number of benzene rings is 2. The molecule has 0 saturated heterocycles. The highest BCUT2D eigenvalue weighted by Crippen LogP contribution is 2.24. The van der Waals surface area contributed by atoms with Crippen LogP contribution in [0.15, 0.2) is 65.7 Å². The van der Waals surface area contributed by atoms with Crippen LogP contribution in [0.2, 0.25) is 0 Å². The molecule has 0 spiro atoms. The molecular formula is C17H15BrN2O3. The summed E-state index contributed by atoms with van der Waals surface area (Å²) >= 11 is 3.20. The van der Waals surface area contributed by atoms with E-state index in [4.69, 9.17) is 0 Å². The van der Waals surface area contributed by atoms with E-state index in [1.807, 2.05) is 30.3 Å². The molecule has 1 N–H and O–H groups in total. The highest BCUT2D eigenvalue weighted by molar-refractivity contribution is 9.10. The Kier molecular flexibility index (Phi) is 5.65. The zero-order chi connectivity index (χ0) is 16.8. The van der Waals surface area contributed by atoms with Crippen molar-refractivity contribution in [3.05, 3.63) is 86.9 Å². The number of carbonyl (C=O) groups is 1. The number of nitro groups is 1. The standard InChI is InChI=1S/C17H15BrN2O3/c1-2-15(12-6-4-3-5-7-12)17(21)19-11-13-8-9-14(18)10-16(13)20(22)23/h2-10,15H,1,11H2,(H,19,21). The predicted molar refractivity (Wildman–Crippen MR) is 92.0 cm³/mol. The average Bonchev–Trinajstić information content (AvgIpc) is 2.55. The van der Waals surface area contributed by atoms with E-state index in [1.54, 1.807) is 18.2 Å². The molecule has 1 amide bonds. The van der Waals surface area contributed by atoms with Gasteiger partial charge in [-0.15, -0.1) is 6.58 Å². The van der Waals surface area contributed by atoms with Crippen molar-refractivity contribution in [3.8, 4) is 0 Å². The maximum absolute atomic E-state index is 12.3. The van der Waals surface area contributed by atoms with Crippen LogP contribution in [0.5, 0.6) is 0 Å². The van der Waals surface area contributed by atoms with Crippen LogP contribution in [-0.2, 0) is 11.3 Å². The fraction of sp³-hybridized carbons (Fsp3) is 0.118. The fourth-order valence-electron chi connectivity index (χ4n) is 2.20. The van der Waals surface area contributed by atoms with Crippen molar-refractivity contribution in [2.75, 3.05) is 0 Å². The molecule has 118 valence electrons. The third-order valence-corrected chi connectivity index (χ3v) is 3.87. The molecule has 6 heteroatoms. The van der Waals surface area contributed by atoms with Crippen molar-refractivity contribution in [3.63, 3.8) is 0 Å². The quantitative estimate of drug-likeness (QED) is 0.472.